The van der Waals surface area contributed by atoms with Crippen molar-refractivity contribution in [3.05, 3.63) is 35.7 Å². The molecule has 5 nitrogen and oxygen atoms in total. The Bertz CT molecular complexity index is 633. The molecule has 5 heteroatoms. The van der Waals surface area contributed by atoms with Gasteiger partial charge in [-0.15, -0.1) is 10.2 Å². The number of amides is 1. The zero-order chi connectivity index (χ0) is 14.8. The first-order valence-corrected chi connectivity index (χ1v) is 7.33. The molecule has 1 unspecified atom stereocenters. The molecule has 1 aromatic heterocycles. The highest BCUT2D eigenvalue weighted by atomic mass is 16.4. The highest BCUT2D eigenvalue weighted by molar-refractivity contribution is 5.94. The Morgan fingerprint density at radius 1 is 1.29 bits per heavy atom. The van der Waals surface area contributed by atoms with Gasteiger partial charge < -0.3 is 9.32 Å². The van der Waals surface area contributed by atoms with Crippen LogP contribution >= 0.6 is 0 Å². The Kier molecular flexibility index (Phi) is 3.73. The Balaban J connectivity index is 1.76. The third kappa shape index (κ3) is 2.96. The zero-order valence-electron chi connectivity index (χ0n) is 12.4. The summed E-state index contributed by atoms with van der Waals surface area (Å²) in [6.45, 7) is 5.66. The van der Waals surface area contributed by atoms with E-state index in [4.69, 9.17) is 4.42 Å². The molecule has 21 heavy (non-hydrogen) atoms. The van der Waals surface area contributed by atoms with Crippen molar-refractivity contribution >= 4 is 5.91 Å². The summed E-state index contributed by atoms with van der Waals surface area (Å²) < 4.78 is 5.38. The van der Waals surface area contributed by atoms with Crippen molar-refractivity contribution in [1.29, 1.82) is 0 Å². The molecule has 0 radical (unpaired) electrons. The van der Waals surface area contributed by atoms with Crippen LogP contribution in [0.4, 0.5) is 0 Å². The Morgan fingerprint density at radius 3 is 2.67 bits per heavy atom. The molecule has 2 heterocycles. The van der Waals surface area contributed by atoms with Gasteiger partial charge in [-0.25, -0.2) is 0 Å². The molecule has 3 rings (SSSR count). The average Bonchev–Trinajstić information content (AvgIpc) is 2.93. The highest BCUT2D eigenvalue weighted by Gasteiger charge is 2.22. The van der Waals surface area contributed by atoms with Crippen LogP contribution in [-0.2, 0) is 0 Å². The Hall–Kier alpha value is -2.17. The first kappa shape index (κ1) is 13.8. The van der Waals surface area contributed by atoms with E-state index in [-0.39, 0.29) is 5.91 Å². The number of aromatic nitrogens is 2. The van der Waals surface area contributed by atoms with Gasteiger partial charge in [-0.3, -0.25) is 4.79 Å². The summed E-state index contributed by atoms with van der Waals surface area (Å²) in [4.78, 5) is 14.4. The molecule has 0 aliphatic carbocycles. The van der Waals surface area contributed by atoms with E-state index < -0.39 is 0 Å². The van der Waals surface area contributed by atoms with Crippen LogP contribution in [0.2, 0.25) is 0 Å². The van der Waals surface area contributed by atoms with Gasteiger partial charge in [0.05, 0.1) is 0 Å². The van der Waals surface area contributed by atoms with Crippen molar-refractivity contribution in [3.8, 4) is 11.5 Å². The Labute approximate surface area is 124 Å². The number of benzene rings is 1. The number of carbonyl (C=O) groups is 1. The molecule has 2 aromatic rings. The second-order valence-corrected chi connectivity index (χ2v) is 5.70. The van der Waals surface area contributed by atoms with Crippen molar-refractivity contribution in [2.24, 2.45) is 5.92 Å². The normalized spacial score (nSPS) is 18.8. The van der Waals surface area contributed by atoms with Gasteiger partial charge in [-0.2, -0.15) is 0 Å². The second-order valence-electron chi connectivity index (χ2n) is 5.70. The minimum absolute atomic E-state index is 0.106. The molecule has 1 aliphatic heterocycles. The van der Waals surface area contributed by atoms with E-state index in [0.29, 0.717) is 23.3 Å². The van der Waals surface area contributed by atoms with Gasteiger partial charge in [0.25, 0.3) is 5.91 Å². The number of rotatable bonds is 2. The van der Waals surface area contributed by atoms with E-state index in [1.807, 2.05) is 29.2 Å². The lowest BCUT2D eigenvalue weighted by atomic mass is 9.99. The summed E-state index contributed by atoms with van der Waals surface area (Å²) in [5, 5.41) is 7.79. The summed E-state index contributed by atoms with van der Waals surface area (Å²) in [5.74, 6) is 1.71. The minimum atomic E-state index is 0.106. The minimum Gasteiger partial charge on any atom is -0.421 e. The lowest BCUT2D eigenvalue weighted by molar-refractivity contribution is 0.0683. The van der Waals surface area contributed by atoms with E-state index >= 15 is 0 Å². The maximum atomic E-state index is 12.5. The fraction of sp³-hybridized carbons (Fsp3) is 0.438. The molecule has 1 aromatic carbocycles. The van der Waals surface area contributed by atoms with Crippen LogP contribution < -0.4 is 0 Å². The van der Waals surface area contributed by atoms with Crippen molar-refractivity contribution in [3.63, 3.8) is 0 Å². The first-order valence-electron chi connectivity index (χ1n) is 7.33. The molecular formula is C16H19N3O2. The molecule has 1 amide bonds. The van der Waals surface area contributed by atoms with Crippen molar-refractivity contribution in [2.45, 2.75) is 26.7 Å². The molecule has 1 saturated heterocycles. The van der Waals surface area contributed by atoms with Crippen LogP contribution in [-0.4, -0.2) is 34.1 Å². The average molecular weight is 285 g/mol. The van der Waals surface area contributed by atoms with Crippen molar-refractivity contribution in [2.75, 3.05) is 13.1 Å². The van der Waals surface area contributed by atoms with Crippen molar-refractivity contribution < 1.29 is 9.21 Å². The van der Waals surface area contributed by atoms with Gasteiger partial charge in [-0.1, -0.05) is 6.92 Å². The second kappa shape index (κ2) is 5.68. The number of carbonyl (C=O) groups excluding carboxylic acids is 1. The van der Waals surface area contributed by atoms with Gasteiger partial charge >= 0.3 is 0 Å². The quantitative estimate of drug-likeness (QED) is 0.851. The van der Waals surface area contributed by atoms with Crippen LogP contribution in [0.1, 0.15) is 36.0 Å². The third-order valence-corrected chi connectivity index (χ3v) is 3.85. The number of hydrogen-bond donors (Lipinski definition) is 0. The molecule has 0 spiro atoms. The van der Waals surface area contributed by atoms with Gasteiger partial charge in [0.2, 0.25) is 11.8 Å². The van der Waals surface area contributed by atoms with E-state index in [0.717, 1.165) is 25.1 Å². The summed E-state index contributed by atoms with van der Waals surface area (Å²) in [6, 6.07) is 7.37. The molecule has 1 fully saturated rings. The summed E-state index contributed by atoms with van der Waals surface area (Å²) >= 11 is 0. The molecular weight excluding hydrogens is 266 g/mol. The maximum Gasteiger partial charge on any atom is 0.253 e. The molecule has 110 valence electrons. The first-order chi connectivity index (χ1) is 10.1. The summed E-state index contributed by atoms with van der Waals surface area (Å²) in [6.07, 6.45) is 2.30. The van der Waals surface area contributed by atoms with E-state index in [1.165, 1.54) is 6.42 Å². The topological polar surface area (TPSA) is 59.2 Å². The number of likely N-dealkylation sites (tertiary alicyclic amines) is 1. The highest BCUT2D eigenvalue weighted by Crippen LogP contribution is 2.21. The lowest BCUT2D eigenvalue weighted by Crippen LogP contribution is -2.39. The van der Waals surface area contributed by atoms with Crippen molar-refractivity contribution in [1.82, 2.24) is 15.1 Å². The predicted octanol–water partition coefficient (Wildman–Crippen LogP) is 2.92. The predicted molar refractivity (Wildman–Crippen MR) is 78.8 cm³/mol. The number of hydrogen-bond acceptors (Lipinski definition) is 4. The number of piperidine rings is 1. The fourth-order valence-electron chi connectivity index (χ4n) is 2.73. The molecule has 1 aliphatic rings. The molecule has 0 N–H and O–H groups in total. The number of aryl methyl sites for hydroxylation is 1. The monoisotopic (exact) mass is 285 g/mol. The van der Waals surface area contributed by atoms with E-state index in [9.17, 15) is 4.79 Å². The fourth-order valence-corrected chi connectivity index (χ4v) is 2.73. The third-order valence-electron chi connectivity index (χ3n) is 3.85. The van der Waals surface area contributed by atoms with Gasteiger partial charge in [0, 0.05) is 31.1 Å². The summed E-state index contributed by atoms with van der Waals surface area (Å²) in [7, 11) is 0. The Morgan fingerprint density at radius 2 is 2.05 bits per heavy atom. The molecule has 0 saturated carbocycles. The van der Waals surface area contributed by atoms with Gasteiger partial charge in [0.1, 0.15) is 0 Å². The lowest BCUT2D eigenvalue weighted by Gasteiger charge is -2.31. The van der Waals surface area contributed by atoms with Gasteiger partial charge in [-0.05, 0) is 43.0 Å². The molecule has 0 bridgehead atoms. The van der Waals surface area contributed by atoms with Crippen LogP contribution in [0.5, 0.6) is 0 Å². The molecule has 1 atom stereocenters. The SMILES string of the molecule is Cc1nnc(-c2ccc(C(=O)N3CCCC(C)C3)cc2)o1. The maximum absolute atomic E-state index is 12.5. The standard InChI is InChI=1S/C16H19N3O2/c1-11-4-3-9-19(10-11)16(20)14-7-5-13(6-8-14)15-18-17-12(2)21-15/h5-8,11H,3-4,9-10H2,1-2H3. The summed E-state index contributed by atoms with van der Waals surface area (Å²) in [5.41, 5.74) is 1.54. The van der Waals surface area contributed by atoms with Gasteiger partial charge in [0.15, 0.2) is 0 Å². The number of nitrogens with zero attached hydrogens (tertiary/aromatic N) is 3. The van der Waals surface area contributed by atoms with Crippen LogP contribution in [0, 0.1) is 12.8 Å². The zero-order valence-corrected chi connectivity index (χ0v) is 12.4. The smallest absolute Gasteiger partial charge is 0.253 e. The van der Waals surface area contributed by atoms with Crippen LogP contribution in [0.25, 0.3) is 11.5 Å². The van der Waals surface area contributed by atoms with E-state index in [2.05, 4.69) is 17.1 Å². The van der Waals surface area contributed by atoms with E-state index in [1.54, 1.807) is 6.92 Å². The largest absolute Gasteiger partial charge is 0.421 e. The van der Waals surface area contributed by atoms with Crippen LogP contribution in [0.15, 0.2) is 28.7 Å². The van der Waals surface area contributed by atoms with Crippen LogP contribution in [0.3, 0.4) is 0 Å².